The molecule has 1 fully saturated rings. The number of anilines is 1. The van der Waals surface area contributed by atoms with Crippen LogP contribution in [0.25, 0.3) is 11.0 Å². The number of ether oxygens (including phenoxy) is 3. The fraction of sp³-hybridized carbons (Fsp3) is 0.243. The number of benzene rings is 3. The third-order valence-electron chi connectivity index (χ3n) is 8.81. The number of halogens is 2. The van der Waals surface area contributed by atoms with Gasteiger partial charge in [0.25, 0.3) is 5.91 Å². The molecule has 5 aromatic rings. The van der Waals surface area contributed by atoms with E-state index in [-0.39, 0.29) is 17.5 Å². The van der Waals surface area contributed by atoms with Crippen LogP contribution in [0.1, 0.15) is 29.9 Å². The molecule has 2 aliphatic rings. The van der Waals surface area contributed by atoms with E-state index in [9.17, 15) is 14.0 Å². The number of imide groups is 1. The first-order chi connectivity index (χ1) is 24.7. The first kappa shape index (κ1) is 33.5. The number of hydrazine groups is 1. The molecular formula is C37H35F2N7O5. The molecule has 2 aromatic heterocycles. The minimum Gasteiger partial charge on any atom is -0.497 e. The lowest BCUT2D eigenvalue weighted by atomic mass is 9.97. The number of hydrogen-bond donors (Lipinski definition) is 2. The van der Waals surface area contributed by atoms with Crippen LogP contribution in [0, 0.1) is 11.6 Å². The third-order valence-corrected chi connectivity index (χ3v) is 8.81. The predicted molar refractivity (Wildman–Crippen MR) is 185 cm³/mol. The molecule has 51 heavy (non-hydrogen) atoms. The predicted octanol–water partition coefficient (Wildman–Crippen LogP) is 6.21. The van der Waals surface area contributed by atoms with E-state index in [1.54, 1.807) is 30.1 Å². The smallest absolute Gasteiger partial charge is 0.347 e. The van der Waals surface area contributed by atoms with Crippen LogP contribution in [0.4, 0.5) is 19.3 Å². The second kappa shape index (κ2) is 14.5. The molecule has 1 saturated heterocycles. The van der Waals surface area contributed by atoms with Crippen molar-refractivity contribution in [1.29, 1.82) is 0 Å². The summed E-state index contributed by atoms with van der Waals surface area (Å²) >= 11 is 0. The van der Waals surface area contributed by atoms with E-state index in [2.05, 4.69) is 27.7 Å². The third kappa shape index (κ3) is 7.31. The number of rotatable bonds is 9. The Kier molecular flexibility index (Phi) is 9.49. The summed E-state index contributed by atoms with van der Waals surface area (Å²) in [6.45, 7) is 2.17. The molecule has 1 atom stereocenters. The number of aromatic nitrogens is 3. The average molecular weight is 696 g/mol. The first-order valence-electron chi connectivity index (χ1n) is 16.4. The molecule has 7 rings (SSSR count). The lowest BCUT2D eigenvalue weighted by Crippen LogP contribution is -2.50. The minimum atomic E-state index is -0.833. The maximum Gasteiger partial charge on any atom is 0.347 e. The Balaban J connectivity index is 1.11. The summed E-state index contributed by atoms with van der Waals surface area (Å²) in [6.07, 6.45) is 6.14. The molecule has 14 heteroatoms. The average Bonchev–Trinajstić information content (AvgIpc) is 3.48. The van der Waals surface area contributed by atoms with Gasteiger partial charge in [0, 0.05) is 43.3 Å². The molecule has 262 valence electrons. The van der Waals surface area contributed by atoms with Gasteiger partial charge >= 0.3 is 6.03 Å². The van der Waals surface area contributed by atoms with Crippen LogP contribution in [0.2, 0.25) is 0 Å². The molecule has 1 unspecified atom stereocenters. The van der Waals surface area contributed by atoms with Gasteiger partial charge in [0.1, 0.15) is 28.8 Å². The number of pyridine rings is 1. The van der Waals surface area contributed by atoms with Crippen molar-refractivity contribution in [2.75, 3.05) is 32.6 Å². The summed E-state index contributed by atoms with van der Waals surface area (Å²) in [5, 5.41) is 8.61. The number of amides is 3. The van der Waals surface area contributed by atoms with Gasteiger partial charge in [0.2, 0.25) is 5.88 Å². The first-order valence-corrected chi connectivity index (χ1v) is 16.4. The maximum absolute atomic E-state index is 15.6. The number of hydrogen-bond acceptors (Lipinski definition) is 9. The molecule has 2 N–H and O–H groups in total. The number of nitrogens with one attached hydrogen (secondary N) is 2. The number of carbonyl (C=O) groups excluding carboxylic acids is 2. The van der Waals surface area contributed by atoms with Gasteiger partial charge in [-0.15, -0.1) is 5.10 Å². The van der Waals surface area contributed by atoms with E-state index in [4.69, 9.17) is 19.3 Å². The largest absolute Gasteiger partial charge is 0.497 e. The highest BCUT2D eigenvalue weighted by Crippen LogP contribution is 2.38. The molecule has 0 saturated carbocycles. The quantitative estimate of drug-likeness (QED) is 0.185. The van der Waals surface area contributed by atoms with Crippen molar-refractivity contribution in [3.63, 3.8) is 0 Å². The van der Waals surface area contributed by atoms with Gasteiger partial charge in [-0.05, 0) is 73.5 Å². The Hall–Kier alpha value is -6.02. The highest BCUT2D eigenvalue weighted by molar-refractivity contribution is 6.04. The second-order valence-electron chi connectivity index (χ2n) is 12.3. The van der Waals surface area contributed by atoms with E-state index < -0.39 is 29.5 Å². The monoisotopic (exact) mass is 695 g/mol. The van der Waals surface area contributed by atoms with Gasteiger partial charge in [-0.25, -0.2) is 23.2 Å². The SMILES string of the molecule is COc1ccc(Cn2nc(OC3CCN(C)CC3)c3c(Oc4ccc(NC(=O)N5NC=CC(c6ccc(F)cc6)C5=O)cc4F)ccnc32)cc1. The fourth-order valence-corrected chi connectivity index (χ4v) is 6.02. The van der Waals surface area contributed by atoms with Crippen molar-refractivity contribution >= 4 is 28.7 Å². The normalized spacial score (nSPS) is 16.6. The lowest BCUT2D eigenvalue weighted by Gasteiger charge is -2.28. The van der Waals surface area contributed by atoms with E-state index >= 15 is 4.39 Å². The van der Waals surface area contributed by atoms with E-state index in [0.717, 1.165) is 48.3 Å². The van der Waals surface area contributed by atoms with Gasteiger partial charge in [0.05, 0.1) is 19.6 Å². The van der Waals surface area contributed by atoms with Crippen molar-refractivity contribution in [3.8, 4) is 23.1 Å². The second-order valence-corrected chi connectivity index (χ2v) is 12.3. The van der Waals surface area contributed by atoms with Crippen LogP contribution in [0.15, 0.2) is 91.3 Å². The highest BCUT2D eigenvalue weighted by Gasteiger charge is 2.31. The molecule has 0 aliphatic carbocycles. The van der Waals surface area contributed by atoms with E-state index in [1.165, 1.54) is 42.6 Å². The van der Waals surface area contributed by atoms with Crippen molar-refractivity contribution < 1.29 is 32.6 Å². The topological polar surface area (TPSA) is 123 Å². The van der Waals surface area contributed by atoms with Crippen molar-refractivity contribution in [3.05, 3.63) is 114 Å². The number of piperidine rings is 1. The minimum absolute atomic E-state index is 0.0656. The summed E-state index contributed by atoms with van der Waals surface area (Å²) in [7, 11) is 3.68. The Bertz CT molecular complexity index is 2080. The molecule has 4 heterocycles. The zero-order valence-electron chi connectivity index (χ0n) is 27.9. The summed E-state index contributed by atoms with van der Waals surface area (Å²) in [4.78, 5) is 33.0. The molecule has 0 spiro atoms. The van der Waals surface area contributed by atoms with Gasteiger partial charge < -0.3 is 24.4 Å². The maximum atomic E-state index is 15.6. The molecule has 0 bridgehead atoms. The number of likely N-dealkylation sites (tertiary alicyclic amines) is 1. The van der Waals surface area contributed by atoms with Crippen LogP contribution in [-0.2, 0) is 11.3 Å². The molecule has 3 amide bonds. The van der Waals surface area contributed by atoms with Gasteiger partial charge in [-0.1, -0.05) is 24.3 Å². The van der Waals surface area contributed by atoms with Crippen molar-refractivity contribution in [2.24, 2.45) is 0 Å². The number of carbonyl (C=O) groups is 2. The number of nitrogens with zero attached hydrogens (tertiary/aromatic N) is 5. The number of urea groups is 1. The van der Waals surface area contributed by atoms with Gasteiger partial charge in [-0.2, -0.15) is 5.01 Å². The molecule has 12 nitrogen and oxygen atoms in total. The Morgan fingerprint density at radius 1 is 1.00 bits per heavy atom. The van der Waals surface area contributed by atoms with Crippen LogP contribution in [-0.4, -0.2) is 70.0 Å². The zero-order valence-corrected chi connectivity index (χ0v) is 27.9. The molecule has 2 aliphatic heterocycles. The van der Waals surface area contributed by atoms with Crippen molar-refractivity contribution in [1.82, 2.24) is 30.1 Å². The van der Waals surface area contributed by atoms with Crippen molar-refractivity contribution in [2.45, 2.75) is 31.4 Å². The van der Waals surface area contributed by atoms with Gasteiger partial charge in [-0.3, -0.25) is 10.2 Å². The number of methoxy groups -OCH3 is 1. The van der Waals surface area contributed by atoms with Crippen LogP contribution < -0.4 is 25.0 Å². The fourth-order valence-electron chi connectivity index (χ4n) is 6.02. The molecule has 3 aromatic carbocycles. The Morgan fingerprint density at radius 3 is 2.49 bits per heavy atom. The lowest BCUT2D eigenvalue weighted by molar-refractivity contribution is -0.131. The summed E-state index contributed by atoms with van der Waals surface area (Å²) < 4.78 is 48.6. The summed E-state index contributed by atoms with van der Waals surface area (Å²) in [5.41, 5.74) is 4.67. The molecule has 0 radical (unpaired) electrons. The van der Waals surface area contributed by atoms with Crippen LogP contribution in [0.5, 0.6) is 23.1 Å². The van der Waals surface area contributed by atoms with Gasteiger partial charge in [0.15, 0.2) is 17.2 Å². The van der Waals surface area contributed by atoms with Crippen LogP contribution in [0.3, 0.4) is 0 Å². The standard InChI is InChI=1S/C37H35F2N7O5/c1-44-19-15-28(16-20-44)50-35-33-32(14-17-40-34(33)45(43-35)22-23-3-10-27(49-2)11-4-23)51-31-12-9-26(21-30(31)39)42-37(48)46-36(47)29(13-18-41-46)24-5-7-25(38)8-6-24/h3-14,17-18,21,28-29,41H,15-16,19-20,22H2,1-2H3,(H,42,48). The van der Waals surface area contributed by atoms with Crippen LogP contribution >= 0.6 is 0 Å². The summed E-state index contributed by atoms with van der Waals surface area (Å²) in [5.74, 6) is -1.34. The Morgan fingerprint density at radius 2 is 1.76 bits per heavy atom. The number of fused-ring (bicyclic) bond motifs is 1. The van der Waals surface area contributed by atoms with E-state index in [0.29, 0.717) is 34.8 Å². The highest BCUT2D eigenvalue weighted by atomic mass is 19.1. The van der Waals surface area contributed by atoms with E-state index in [1.807, 2.05) is 24.3 Å². The zero-order chi connectivity index (χ0) is 35.5. The summed E-state index contributed by atoms with van der Waals surface area (Å²) in [6, 6.07) is 17.8. The Labute approximate surface area is 292 Å². The molecular weight excluding hydrogens is 660 g/mol.